The standard InChI is InChI=1S/C18H19N3O/c1-4-21(15-7-5-6-12(2)10-15)18(22)14-8-9-16-17(11-14)20-13(3)19-16/h5-11H,4H2,1-3H3,(H,19,20). The first kappa shape index (κ1) is 14.3. The molecule has 112 valence electrons. The van der Waals surface area contributed by atoms with Gasteiger partial charge in [-0.3, -0.25) is 4.79 Å². The Labute approximate surface area is 129 Å². The zero-order valence-corrected chi connectivity index (χ0v) is 13.1. The van der Waals surface area contributed by atoms with Gasteiger partial charge in [0.1, 0.15) is 5.82 Å². The van der Waals surface area contributed by atoms with Gasteiger partial charge >= 0.3 is 0 Å². The smallest absolute Gasteiger partial charge is 0.258 e. The first-order chi connectivity index (χ1) is 10.6. The maximum atomic E-state index is 12.8. The van der Waals surface area contributed by atoms with Crippen LogP contribution in [0, 0.1) is 13.8 Å². The first-order valence-electron chi connectivity index (χ1n) is 7.43. The molecule has 4 nitrogen and oxygen atoms in total. The number of nitrogens with zero attached hydrogens (tertiary/aromatic N) is 2. The van der Waals surface area contributed by atoms with Gasteiger partial charge in [-0.2, -0.15) is 0 Å². The van der Waals surface area contributed by atoms with E-state index in [1.807, 2.05) is 63.2 Å². The van der Waals surface area contributed by atoms with Crippen LogP contribution in [0.2, 0.25) is 0 Å². The van der Waals surface area contributed by atoms with Gasteiger partial charge in [0.2, 0.25) is 0 Å². The number of carbonyl (C=O) groups is 1. The topological polar surface area (TPSA) is 49.0 Å². The van der Waals surface area contributed by atoms with Crippen LogP contribution in [0.3, 0.4) is 0 Å². The Balaban J connectivity index is 1.98. The van der Waals surface area contributed by atoms with E-state index in [9.17, 15) is 4.79 Å². The molecule has 0 spiro atoms. The number of fused-ring (bicyclic) bond motifs is 1. The molecule has 22 heavy (non-hydrogen) atoms. The van der Waals surface area contributed by atoms with E-state index in [4.69, 9.17) is 0 Å². The summed E-state index contributed by atoms with van der Waals surface area (Å²) in [6.07, 6.45) is 0. The normalized spacial score (nSPS) is 10.9. The Morgan fingerprint density at radius 3 is 2.73 bits per heavy atom. The first-order valence-corrected chi connectivity index (χ1v) is 7.43. The average molecular weight is 293 g/mol. The minimum Gasteiger partial charge on any atom is -0.342 e. The van der Waals surface area contributed by atoms with Gasteiger partial charge < -0.3 is 9.88 Å². The molecule has 3 rings (SSSR count). The molecule has 0 bridgehead atoms. The molecule has 0 atom stereocenters. The van der Waals surface area contributed by atoms with Gasteiger partial charge in [0.15, 0.2) is 0 Å². The molecule has 1 amide bonds. The van der Waals surface area contributed by atoms with E-state index in [2.05, 4.69) is 9.97 Å². The maximum absolute atomic E-state index is 12.8. The van der Waals surface area contributed by atoms with E-state index in [0.717, 1.165) is 28.1 Å². The van der Waals surface area contributed by atoms with Crippen molar-refractivity contribution in [1.82, 2.24) is 9.97 Å². The quantitative estimate of drug-likeness (QED) is 0.797. The highest BCUT2D eigenvalue weighted by molar-refractivity contribution is 6.07. The van der Waals surface area contributed by atoms with Crippen LogP contribution in [0.15, 0.2) is 42.5 Å². The number of aromatic nitrogens is 2. The number of aryl methyl sites for hydroxylation is 2. The van der Waals surface area contributed by atoms with Gasteiger partial charge in [-0.1, -0.05) is 12.1 Å². The van der Waals surface area contributed by atoms with Gasteiger partial charge in [0.25, 0.3) is 5.91 Å². The number of anilines is 1. The van der Waals surface area contributed by atoms with Crippen LogP contribution >= 0.6 is 0 Å². The van der Waals surface area contributed by atoms with Crippen molar-refractivity contribution in [2.75, 3.05) is 11.4 Å². The predicted molar refractivity (Wildman–Crippen MR) is 89.4 cm³/mol. The van der Waals surface area contributed by atoms with Crippen molar-refractivity contribution in [3.63, 3.8) is 0 Å². The zero-order valence-electron chi connectivity index (χ0n) is 13.1. The molecule has 1 heterocycles. The molecule has 4 heteroatoms. The summed E-state index contributed by atoms with van der Waals surface area (Å²) in [5, 5.41) is 0. The molecular formula is C18H19N3O. The fraction of sp³-hybridized carbons (Fsp3) is 0.222. The second-order valence-electron chi connectivity index (χ2n) is 5.44. The molecule has 0 unspecified atom stereocenters. The van der Waals surface area contributed by atoms with E-state index in [0.29, 0.717) is 12.1 Å². The van der Waals surface area contributed by atoms with Gasteiger partial charge in [-0.05, 0) is 56.7 Å². The second-order valence-corrected chi connectivity index (χ2v) is 5.44. The van der Waals surface area contributed by atoms with Crippen LogP contribution < -0.4 is 4.90 Å². The molecule has 1 N–H and O–H groups in total. The Hall–Kier alpha value is -2.62. The lowest BCUT2D eigenvalue weighted by atomic mass is 10.1. The molecule has 0 fully saturated rings. The highest BCUT2D eigenvalue weighted by Crippen LogP contribution is 2.20. The van der Waals surface area contributed by atoms with Gasteiger partial charge in [0, 0.05) is 17.8 Å². The number of nitrogens with one attached hydrogen (secondary N) is 1. The number of rotatable bonds is 3. The van der Waals surface area contributed by atoms with E-state index >= 15 is 0 Å². The van der Waals surface area contributed by atoms with Gasteiger partial charge in [-0.25, -0.2) is 4.98 Å². The van der Waals surface area contributed by atoms with Crippen molar-refractivity contribution in [1.29, 1.82) is 0 Å². The Bertz CT molecular complexity index is 835. The maximum Gasteiger partial charge on any atom is 0.258 e. The zero-order chi connectivity index (χ0) is 15.7. The minimum atomic E-state index is 0.00209. The van der Waals surface area contributed by atoms with Crippen LogP contribution in [-0.2, 0) is 0 Å². The number of hydrogen-bond donors (Lipinski definition) is 1. The summed E-state index contributed by atoms with van der Waals surface area (Å²) in [4.78, 5) is 22.2. The molecule has 0 radical (unpaired) electrons. The van der Waals surface area contributed by atoms with Gasteiger partial charge in [-0.15, -0.1) is 0 Å². The number of carbonyl (C=O) groups excluding carboxylic acids is 1. The van der Waals surface area contributed by atoms with Crippen molar-refractivity contribution < 1.29 is 4.79 Å². The molecule has 0 saturated heterocycles. The third kappa shape index (κ3) is 2.60. The van der Waals surface area contributed by atoms with E-state index in [1.165, 1.54) is 0 Å². The summed E-state index contributed by atoms with van der Waals surface area (Å²) in [6.45, 7) is 6.55. The number of H-pyrrole nitrogens is 1. The molecule has 0 aliphatic rings. The lowest BCUT2D eigenvalue weighted by Crippen LogP contribution is -2.30. The van der Waals surface area contributed by atoms with Crippen molar-refractivity contribution in [2.24, 2.45) is 0 Å². The number of imidazole rings is 1. The minimum absolute atomic E-state index is 0.00209. The highest BCUT2D eigenvalue weighted by atomic mass is 16.2. The highest BCUT2D eigenvalue weighted by Gasteiger charge is 2.17. The number of amides is 1. The largest absolute Gasteiger partial charge is 0.342 e. The number of hydrogen-bond acceptors (Lipinski definition) is 2. The van der Waals surface area contributed by atoms with Crippen LogP contribution in [0.1, 0.15) is 28.7 Å². The summed E-state index contributed by atoms with van der Waals surface area (Å²) in [6, 6.07) is 13.6. The van der Waals surface area contributed by atoms with Crippen LogP contribution in [0.5, 0.6) is 0 Å². The molecule has 1 aromatic heterocycles. The monoisotopic (exact) mass is 293 g/mol. The van der Waals surface area contributed by atoms with E-state index in [1.54, 1.807) is 4.90 Å². The fourth-order valence-electron chi connectivity index (χ4n) is 2.67. The Morgan fingerprint density at radius 1 is 1.18 bits per heavy atom. The van der Waals surface area contributed by atoms with Crippen molar-refractivity contribution in [2.45, 2.75) is 20.8 Å². The average Bonchev–Trinajstić information content (AvgIpc) is 2.87. The summed E-state index contributed by atoms with van der Waals surface area (Å²) in [5.74, 6) is 0.855. The lowest BCUT2D eigenvalue weighted by Gasteiger charge is -2.21. The van der Waals surface area contributed by atoms with Gasteiger partial charge in [0.05, 0.1) is 11.0 Å². The molecule has 3 aromatic rings. The molecule has 0 saturated carbocycles. The summed E-state index contributed by atoms with van der Waals surface area (Å²) in [5.41, 5.74) is 4.51. The van der Waals surface area contributed by atoms with Crippen molar-refractivity contribution in [3.8, 4) is 0 Å². The van der Waals surface area contributed by atoms with Crippen molar-refractivity contribution >= 4 is 22.6 Å². The fourth-order valence-corrected chi connectivity index (χ4v) is 2.67. The summed E-state index contributed by atoms with van der Waals surface area (Å²) in [7, 11) is 0. The lowest BCUT2D eigenvalue weighted by molar-refractivity contribution is 0.0988. The number of benzene rings is 2. The van der Waals surface area contributed by atoms with Crippen molar-refractivity contribution in [3.05, 3.63) is 59.4 Å². The summed E-state index contributed by atoms with van der Waals surface area (Å²) < 4.78 is 0. The Morgan fingerprint density at radius 2 is 2.00 bits per heavy atom. The SMILES string of the molecule is CCN(C(=O)c1ccc2nc(C)[nH]c2c1)c1cccc(C)c1. The van der Waals surface area contributed by atoms with E-state index in [-0.39, 0.29) is 5.91 Å². The predicted octanol–water partition coefficient (Wildman–Crippen LogP) is 3.85. The molecular weight excluding hydrogens is 274 g/mol. The van der Waals surface area contributed by atoms with Crippen LogP contribution in [0.25, 0.3) is 11.0 Å². The van der Waals surface area contributed by atoms with E-state index < -0.39 is 0 Å². The molecule has 2 aromatic carbocycles. The second kappa shape index (κ2) is 5.64. The number of aromatic amines is 1. The van der Waals surface area contributed by atoms with Crippen LogP contribution in [0.4, 0.5) is 5.69 Å². The molecule has 0 aliphatic heterocycles. The summed E-state index contributed by atoms with van der Waals surface area (Å²) >= 11 is 0. The third-order valence-corrected chi connectivity index (χ3v) is 3.72. The molecule has 0 aliphatic carbocycles. The van der Waals surface area contributed by atoms with Crippen LogP contribution in [-0.4, -0.2) is 22.4 Å². The third-order valence-electron chi connectivity index (χ3n) is 3.72. The Kier molecular flexibility index (Phi) is 3.67.